The van der Waals surface area contributed by atoms with Crippen molar-refractivity contribution in [3.05, 3.63) is 94.0 Å². The first-order valence-corrected chi connectivity index (χ1v) is 17.1. The van der Waals surface area contributed by atoms with Gasteiger partial charge < -0.3 is 15.0 Å². The summed E-state index contributed by atoms with van der Waals surface area (Å²) >= 11 is 13.1. The van der Waals surface area contributed by atoms with E-state index in [-0.39, 0.29) is 44.2 Å². The Balaban J connectivity index is 1.96. The van der Waals surface area contributed by atoms with Gasteiger partial charge in [-0.25, -0.2) is 8.42 Å². The largest absolute Gasteiger partial charge is 0.492 e. The summed E-state index contributed by atoms with van der Waals surface area (Å²) in [5, 5.41) is 3.77. The Bertz CT molecular complexity index is 1510. The molecule has 1 N–H and O–H groups in total. The molecule has 3 aromatic rings. The summed E-state index contributed by atoms with van der Waals surface area (Å²) in [4.78, 5) is 29.4. The number of anilines is 1. The van der Waals surface area contributed by atoms with E-state index in [4.69, 9.17) is 27.9 Å². The molecule has 0 aliphatic heterocycles. The lowest BCUT2D eigenvalue weighted by Crippen LogP contribution is -2.54. The smallest absolute Gasteiger partial charge is 0.243 e. The van der Waals surface area contributed by atoms with Gasteiger partial charge in [0.2, 0.25) is 21.8 Å². The molecule has 238 valence electrons. The first kappa shape index (κ1) is 35.2. The molecule has 0 bridgehead atoms. The predicted octanol–water partition coefficient (Wildman–Crippen LogP) is 6.49. The average molecular weight is 663 g/mol. The van der Waals surface area contributed by atoms with E-state index < -0.39 is 21.6 Å². The molecular weight excluding hydrogens is 621 g/mol. The van der Waals surface area contributed by atoms with Gasteiger partial charge in [0.15, 0.2) is 0 Å². The number of halogens is 2. The molecule has 3 rings (SSSR count). The molecule has 0 aliphatic rings. The zero-order valence-corrected chi connectivity index (χ0v) is 28.2. The van der Waals surface area contributed by atoms with E-state index in [1.165, 1.54) is 9.21 Å². The van der Waals surface area contributed by atoms with E-state index in [1.807, 2.05) is 58.0 Å². The number of carbonyl (C=O) groups is 2. The van der Waals surface area contributed by atoms with Gasteiger partial charge in [-0.15, -0.1) is 0 Å². The van der Waals surface area contributed by atoms with Gasteiger partial charge >= 0.3 is 0 Å². The van der Waals surface area contributed by atoms with Crippen LogP contribution in [0.15, 0.2) is 72.8 Å². The maximum Gasteiger partial charge on any atom is 0.243 e. The predicted molar refractivity (Wildman–Crippen MR) is 178 cm³/mol. The zero-order chi connectivity index (χ0) is 32.5. The van der Waals surface area contributed by atoms with Gasteiger partial charge in [0.05, 0.1) is 18.6 Å². The summed E-state index contributed by atoms with van der Waals surface area (Å²) in [5.41, 5.74) is 1.25. The van der Waals surface area contributed by atoms with Gasteiger partial charge in [-0.2, -0.15) is 0 Å². The van der Waals surface area contributed by atoms with Crippen LogP contribution in [0.3, 0.4) is 0 Å². The summed E-state index contributed by atoms with van der Waals surface area (Å²) in [6, 6.07) is 20.5. The monoisotopic (exact) mass is 661 g/mol. The van der Waals surface area contributed by atoms with Crippen LogP contribution in [0.5, 0.6) is 5.75 Å². The summed E-state index contributed by atoms with van der Waals surface area (Å²) in [6.45, 7) is 7.85. The van der Waals surface area contributed by atoms with Gasteiger partial charge in [0.25, 0.3) is 0 Å². The molecule has 0 saturated carbocycles. The molecule has 1 atom stereocenters. The van der Waals surface area contributed by atoms with Crippen LogP contribution in [0.25, 0.3) is 0 Å². The minimum Gasteiger partial charge on any atom is -0.492 e. The molecule has 3 aromatic carbocycles. The van der Waals surface area contributed by atoms with Crippen LogP contribution < -0.4 is 14.4 Å². The number of rotatable bonds is 14. The van der Waals surface area contributed by atoms with Gasteiger partial charge in [0, 0.05) is 47.1 Å². The molecule has 0 unspecified atom stereocenters. The normalized spacial score (nSPS) is 12.3. The molecule has 0 radical (unpaired) electrons. The van der Waals surface area contributed by atoms with Crippen LogP contribution in [0, 0.1) is 0 Å². The Morgan fingerprint density at radius 1 is 0.932 bits per heavy atom. The first-order chi connectivity index (χ1) is 20.7. The van der Waals surface area contributed by atoms with Crippen LogP contribution in [-0.2, 0) is 32.6 Å². The first-order valence-electron chi connectivity index (χ1n) is 14.5. The van der Waals surface area contributed by atoms with Crippen LogP contribution in [0.1, 0.15) is 51.7 Å². The molecule has 44 heavy (non-hydrogen) atoms. The number of ether oxygens (including phenoxy) is 1. The molecule has 11 heteroatoms. The topological polar surface area (TPSA) is 96.0 Å². The number of hydrogen-bond acceptors (Lipinski definition) is 5. The number of benzene rings is 3. The molecule has 0 spiro atoms. The number of nitrogens with one attached hydrogen (secondary N) is 1. The summed E-state index contributed by atoms with van der Waals surface area (Å²) < 4.78 is 32.6. The Hall–Kier alpha value is -3.27. The van der Waals surface area contributed by atoms with Crippen molar-refractivity contribution >= 4 is 50.7 Å². The Labute approximate surface area is 271 Å². The van der Waals surface area contributed by atoms with E-state index in [2.05, 4.69) is 5.32 Å². The van der Waals surface area contributed by atoms with Crippen molar-refractivity contribution < 1.29 is 22.7 Å². The summed E-state index contributed by atoms with van der Waals surface area (Å²) in [7, 11) is -3.70. The highest BCUT2D eigenvalue weighted by Gasteiger charge is 2.33. The highest BCUT2D eigenvalue weighted by molar-refractivity contribution is 7.92. The summed E-state index contributed by atoms with van der Waals surface area (Å²) in [6.07, 6.45) is 1.54. The van der Waals surface area contributed by atoms with Crippen molar-refractivity contribution in [3.8, 4) is 5.75 Å². The fourth-order valence-corrected chi connectivity index (χ4v) is 6.27. The lowest BCUT2D eigenvalue weighted by atomic mass is 10.00. The molecule has 0 aliphatic carbocycles. The highest BCUT2D eigenvalue weighted by Crippen LogP contribution is 2.31. The van der Waals surface area contributed by atoms with E-state index in [9.17, 15) is 18.0 Å². The number of hydrogen-bond donors (Lipinski definition) is 1. The van der Waals surface area contributed by atoms with Crippen molar-refractivity contribution in [1.29, 1.82) is 0 Å². The van der Waals surface area contributed by atoms with Crippen LogP contribution in [0.2, 0.25) is 10.0 Å². The molecule has 0 saturated heterocycles. The van der Waals surface area contributed by atoms with Crippen LogP contribution in [0.4, 0.5) is 5.69 Å². The standard InChI is InChI=1S/C33H41Cl2N3O5S/c1-6-43-30-19-11-10-18-28(30)38(44(5,41)42)21-13-20-31(39)37(23-25-26(34)16-12-17-27(25)35)29(32(40)36-33(2,3)4)22-24-14-8-7-9-15-24/h7-12,14-19,29H,6,13,20-23H2,1-5H3,(H,36,40)/t29-/m1/s1. The second-order valence-corrected chi connectivity index (χ2v) is 14.2. The van der Waals surface area contributed by atoms with Gasteiger partial charge in [-0.1, -0.05) is 71.7 Å². The number of nitrogens with zero attached hydrogens (tertiary/aromatic N) is 2. The van der Waals surface area contributed by atoms with Crippen molar-refractivity contribution in [2.24, 2.45) is 0 Å². The van der Waals surface area contributed by atoms with Crippen molar-refractivity contribution in [2.75, 3.05) is 23.7 Å². The highest BCUT2D eigenvalue weighted by atomic mass is 35.5. The number of carbonyl (C=O) groups excluding carboxylic acids is 2. The minimum absolute atomic E-state index is 0.00460. The minimum atomic E-state index is -3.70. The Morgan fingerprint density at radius 2 is 1.55 bits per heavy atom. The van der Waals surface area contributed by atoms with E-state index in [0.717, 1.165) is 11.8 Å². The summed E-state index contributed by atoms with van der Waals surface area (Å²) in [5.74, 6) is -0.220. The zero-order valence-electron chi connectivity index (χ0n) is 25.8. The fraction of sp³-hybridized carbons (Fsp3) is 0.394. The van der Waals surface area contributed by atoms with E-state index >= 15 is 0 Å². The quantitative estimate of drug-likeness (QED) is 0.213. The maximum absolute atomic E-state index is 14.1. The SMILES string of the molecule is CCOc1ccccc1N(CCCC(=O)N(Cc1c(Cl)cccc1Cl)[C@H](Cc1ccccc1)C(=O)NC(C)(C)C)S(C)(=O)=O. The lowest BCUT2D eigenvalue weighted by molar-refractivity contribution is -0.142. The molecule has 0 aromatic heterocycles. The number of para-hydroxylation sites is 2. The lowest BCUT2D eigenvalue weighted by Gasteiger charge is -2.34. The number of amides is 2. The Morgan fingerprint density at radius 3 is 2.14 bits per heavy atom. The second-order valence-electron chi connectivity index (χ2n) is 11.5. The fourth-order valence-electron chi connectivity index (χ4n) is 4.78. The maximum atomic E-state index is 14.1. The Kier molecular flexibility index (Phi) is 12.5. The molecule has 8 nitrogen and oxygen atoms in total. The van der Waals surface area contributed by atoms with Crippen molar-refractivity contribution in [2.45, 2.75) is 65.1 Å². The average Bonchev–Trinajstić information content (AvgIpc) is 2.94. The molecule has 0 heterocycles. The number of sulfonamides is 1. The molecule has 2 amide bonds. The third-order valence-corrected chi connectivity index (χ3v) is 8.63. The third kappa shape index (κ3) is 10.1. The van der Waals surface area contributed by atoms with Gasteiger partial charge in [-0.05, 0) is 63.9 Å². The molecular formula is C33H41Cl2N3O5S. The van der Waals surface area contributed by atoms with E-state index in [1.54, 1.807) is 42.5 Å². The second kappa shape index (κ2) is 15.6. The van der Waals surface area contributed by atoms with Gasteiger partial charge in [0.1, 0.15) is 11.8 Å². The molecule has 0 fully saturated rings. The van der Waals surface area contributed by atoms with Gasteiger partial charge in [-0.3, -0.25) is 13.9 Å². The third-order valence-electron chi connectivity index (χ3n) is 6.75. The van der Waals surface area contributed by atoms with Crippen molar-refractivity contribution in [3.63, 3.8) is 0 Å². The van der Waals surface area contributed by atoms with E-state index in [0.29, 0.717) is 33.7 Å². The van der Waals surface area contributed by atoms with Crippen LogP contribution in [-0.4, -0.2) is 56.1 Å². The van der Waals surface area contributed by atoms with Crippen molar-refractivity contribution in [1.82, 2.24) is 10.2 Å². The van der Waals surface area contributed by atoms with Crippen LogP contribution >= 0.6 is 23.2 Å².